The Morgan fingerprint density at radius 3 is 2.79 bits per heavy atom. The van der Waals surface area contributed by atoms with E-state index in [-0.39, 0.29) is 12.5 Å². The number of guanidine groups is 1. The highest BCUT2D eigenvalue weighted by Crippen LogP contribution is 2.27. The zero-order chi connectivity index (χ0) is 20.1. The second-order valence-corrected chi connectivity index (χ2v) is 7.20. The van der Waals surface area contributed by atoms with Gasteiger partial charge >= 0.3 is 0 Å². The number of rotatable bonds is 6. The average molecular weight is 390 g/mol. The van der Waals surface area contributed by atoms with E-state index in [1.54, 1.807) is 7.05 Å². The number of anilines is 1. The number of aromatic nitrogens is 1. The van der Waals surface area contributed by atoms with Gasteiger partial charge in [-0.1, -0.05) is 36.4 Å². The second kappa shape index (κ2) is 8.82. The minimum Gasteiger partial charge on any atom is -0.356 e. The van der Waals surface area contributed by atoms with Crippen LogP contribution in [-0.4, -0.2) is 43.1 Å². The fourth-order valence-corrected chi connectivity index (χ4v) is 3.86. The van der Waals surface area contributed by atoms with E-state index in [9.17, 15) is 4.79 Å². The van der Waals surface area contributed by atoms with E-state index in [1.165, 1.54) is 16.5 Å². The standard InChI is InChI=1S/C23H27N5O/c1-24-23(25-13-6-14-27-15-11-18-7-2-4-9-20(18)27)26-17-22(29)28-16-12-19-8-3-5-10-21(19)28/h2-5,7-11,15H,6,12-14,16-17H2,1H3,(H2,24,25,26). The van der Waals surface area contributed by atoms with E-state index in [0.29, 0.717) is 5.96 Å². The van der Waals surface area contributed by atoms with Gasteiger partial charge in [0.05, 0.1) is 6.54 Å². The van der Waals surface area contributed by atoms with Gasteiger partial charge in [-0.2, -0.15) is 0 Å². The monoisotopic (exact) mass is 389 g/mol. The van der Waals surface area contributed by atoms with Crippen LogP contribution in [0.3, 0.4) is 0 Å². The molecule has 0 radical (unpaired) electrons. The summed E-state index contributed by atoms with van der Waals surface area (Å²) in [5.74, 6) is 0.722. The van der Waals surface area contributed by atoms with Crippen LogP contribution in [-0.2, 0) is 17.8 Å². The molecule has 1 aliphatic rings. The van der Waals surface area contributed by atoms with Crippen LogP contribution < -0.4 is 15.5 Å². The molecule has 0 atom stereocenters. The lowest BCUT2D eigenvalue weighted by molar-refractivity contribution is -0.117. The number of nitrogens with one attached hydrogen (secondary N) is 2. The van der Waals surface area contributed by atoms with Gasteiger partial charge in [0.15, 0.2) is 5.96 Å². The number of benzene rings is 2. The Hall–Kier alpha value is -3.28. The Morgan fingerprint density at radius 2 is 1.90 bits per heavy atom. The van der Waals surface area contributed by atoms with Crippen molar-refractivity contribution in [1.29, 1.82) is 0 Å². The van der Waals surface area contributed by atoms with E-state index < -0.39 is 0 Å². The molecule has 0 spiro atoms. The largest absolute Gasteiger partial charge is 0.356 e. The molecule has 1 amide bonds. The Balaban J connectivity index is 1.22. The Labute approximate surface area is 171 Å². The predicted molar refractivity (Wildman–Crippen MR) is 118 cm³/mol. The van der Waals surface area contributed by atoms with Gasteiger partial charge in [-0.3, -0.25) is 9.79 Å². The van der Waals surface area contributed by atoms with Crippen LogP contribution in [0.2, 0.25) is 0 Å². The molecule has 0 unspecified atom stereocenters. The van der Waals surface area contributed by atoms with E-state index in [2.05, 4.69) is 62.8 Å². The van der Waals surface area contributed by atoms with E-state index in [0.717, 1.165) is 38.2 Å². The first-order chi connectivity index (χ1) is 14.3. The number of para-hydroxylation sites is 2. The Kier molecular flexibility index (Phi) is 5.79. The van der Waals surface area contributed by atoms with Crippen molar-refractivity contribution in [2.24, 2.45) is 4.99 Å². The molecule has 0 saturated carbocycles. The Morgan fingerprint density at radius 1 is 1.07 bits per heavy atom. The number of aliphatic imine (C=N–C) groups is 1. The number of nitrogens with zero attached hydrogens (tertiary/aromatic N) is 3. The number of aryl methyl sites for hydroxylation is 1. The second-order valence-electron chi connectivity index (χ2n) is 7.20. The predicted octanol–water partition coefficient (Wildman–Crippen LogP) is 2.79. The highest BCUT2D eigenvalue weighted by atomic mass is 16.2. The molecule has 29 heavy (non-hydrogen) atoms. The van der Waals surface area contributed by atoms with Gasteiger partial charge in [0.2, 0.25) is 5.91 Å². The summed E-state index contributed by atoms with van der Waals surface area (Å²) in [5.41, 5.74) is 3.52. The van der Waals surface area contributed by atoms with Crippen LogP contribution in [0.15, 0.2) is 65.8 Å². The summed E-state index contributed by atoms with van der Waals surface area (Å²) in [6.45, 7) is 2.70. The number of hydrogen-bond acceptors (Lipinski definition) is 2. The smallest absolute Gasteiger partial charge is 0.246 e. The lowest BCUT2D eigenvalue weighted by Crippen LogP contribution is -2.44. The van der Waals surface area contributed by atoms with Crippen molar-refractivity contribution in [3.8, 4) is 0 Å². The summed E-state index contributed by atoms with van der Waals surface area (Å²) in [6, 6.07) is 18.6. The zero-order valence-electron chi connectivity index (χ0n) is 16.8. The SMILES string of the molecule is CN=C(NCCCn1ccc2ccccc21)NCC(=O)N1CCc2ccccc21. The van der Waals surface area contributed by atoms with Crippen LogP contribution in [0, 0.1) is 0 Å². The molecule has 2 heterocycles. The molecule has 3 aromatic rings. The zero-order valence-corrected chi connectivity index (χ0v) is 16.8. The van der Waals surface area contributed by atoms with Gasteiger partial charge < -0.3 is 20.1 Å². The molecule has 1 aliphatic heterocycles. The fraction of sp³-hybridized carbons (Fsp3) is 0.304. The van der Waals surface area contributed by atoms with Crippen LogP contribution in [0.5, 0.6) is 0 Å². The van der Waals surface area contributed by atoms with Gasteiger partial charge in [0.1, 0.15) is 0 Å². The topological polar surface area (TPSA) is 61.7 Å². The van der Waals surface area contributed by atoms with Crippen LogP contribution in [0.1, 0.15) is 12.0 Å². The molecule has 0 bridgehead atoms. The van der Waals surface area contributed by atoms with Crippen LogP contribution >= 0.6 is 0 Å². The Bertz CT molecular complexity index is 1020. The van der Waals surface area contributed by atoms with Gasteiger partial charge in [-0.05, 0) is 42.0 Å². The van der Waals surface area contributed by atoms with Crippen molar-refractivity contribution < 1.29 is 4.79 Å². The van der Waals surface area contributed by atoms with Crippen LogP contribution in [0.4, 0.5) is 5.69 Å². The summed E-state index contributed by atoms with van der Waals surface area (Å²) >= 11 is 0. The maximum absolute atomic E-state index is 12.6. The number of fused-ring (bicyclic) bond motifs is 2. The normalized spacial score (nSPS) is 13.6. The molecular formula is C23H27N5O. The molecule has 2 aromatic carbocycles. The van der Waals surface area contributed by atoms with Crippen molar-refractivity contribution in [3.05, 3.63) is 66.4 Å². The summed E-state index contributed by atoms with van der Waals surface area (Å²) in [4.78, 5) is 18.7. The molecule has 4 rings (SSSR count). The van der Waals surface area contributed by atoms with Crippen molar-refractivity contribution in [1.82, 2.24) is 15.2 Å². The van der Waals surface area contributed by atoms with Gasteiger partial charge in [-0.15, -0.1) is 0 Å². The fourth-order valence-electron chi connectivity index (χ4n) is 3.86. The first-order valence-corrected chi connectivity index (χ1v) is 10.1. The molecular weight excluding hydrogens is 362 g/mol. The molecule has 6 nitrogen and oxygen atoms in total. The summed E-state index contributed by atoms with van der Waals surface area (Å²) in [7, 11) is 1.73. The molecule has 1 aromatic heterocycles. The molecule has 6 heteroatoms. The van der Waals surface area contributed by atoms with Gasteiger partial charge in [0, 0.05) is 44.1 Å². The molecule has 0 saturated heterocycles. The number of amides is 1. The van der Waals surface area contributed by atoms with Crippen LogP contribution in [0.25, 0.3) is 10.9 Å². The average Bonchev–Trinajstić information content (AvgIpc) is 3.37. The molecule has 0 fully saturated rings. The summed E-state index contributed by atoms with van der Waals surface area (Å²) in [6.07, 6.45) is 4.01. The quantitative estimate of drug-likeness (QED) is 0.387. The highest BCUT2D eigenvalue weighted by Gasteiger charge is 2.23. The van der Waals surface area contributed by atoms with E-state index >= 15 is 0 Å². The minimum atomic E-state index is 0.0664. The lowest BCUT2D eigenvalue weighted by Gasteiger charge is -2.19. The van der Waals surface area contributed by atoms with E-state index in [1.807, 2.05) is 23.1 Å². The first-order valence-electron chi connectivity index (χ1n) is 10.1. The highest BCUT2D eigenvalue weighted by molar-refractivity contribution is 5.98. The molecule has 0 aliphatic carbocycles. The lowest BCUT2D eigenvalue weighted by atomic mass is 10.2. The molecule has 150 valence electrons. The third kappa shape index (κ3) is 4.26. The van der Waals surface area contributed by atoms with E-state index in [4.69, 9.17) is 0 Å². The van der Waals surface area contributed by atoms with Crippen molar-refractivity contribution >= 4 is 28.5 Å². The van der Waals surface area contributed by atoms with Gasteiger partial charge in [0.25, 0.3) is 0 Å². The van der Waals surface area contributed by atoms with Crippen molar-refractivity contribution in [3.63, 3.8) is 0 Å². The van der Waals surface area contributed by atoms with Gasteiger partial charge in [-0.25, -0.2) is 0 Å². The van der Waals surface area contributed by atoms with Crippen molar-refractivity contribution in [2.75, 3.05) is 31.6 Å². The van der Waals surface area contributed by atoms with Crippen molar-refractivity contribution in [2.45, 2.75) is 19.4 Å². The molecule has 2 N–H and O–H groups in total. The minimum absolute atomic E-state index is 0.0664. The number of hydrogen-bond donors (Lipinski definition) is 2. The summed E-state index contributed by atoms with van der Waals surface area (Å²) < 4.78 is 2.27. The maximum atomic E-state index is 12.6. The summed E-state index contributed by atoms with van der Waals surface area (Å²) in [5, 5.41) is 7.70. The maximum Gasteiger partial charge on any atom is 0.246 e. The first kappa shape index (κ1) is 19.1. The third-order valence-electron chi connectivity index (χ3n) is 5.37. The number of carbonyl (C=O) groups is 1. The third-order valence-corrected chi connectivity index (χ3v) is 5.37. The number of carbonyl (C=O) groups excluding carboxylic acids is 1.